The van der Waals surface area contributed by atoms with E-state index in [-0.39, 0.29) is 12.3 Å². The van der Waals surface area contributed by atoms with E-state index in [1.54, 1.807) is 6.92 Å². The van der Waals surface area contributed by atoms with Crippen molar-refractivity contribution in [3.63, 3.8) is 0 Å². The first-order chi connectivity index (χ1) is 11.1. The Hall–Kier alpha value is -2.62. The number of carbonyl (C=O) groups excluding carboxylic acids is 2. The molecule has 23 heavy (non-hydrogen) atoms. The largest absolute Gasteiger partial charge is 0.452 e. The van der Waals surface area contributed by atoms with Gasteiger partial charge < -0.3 is 10.1 Å². The van der Waals surface area contributed by atoms with Crippen molar-refractivity contribution >= 4 is 11.9 Å². The van der Waals surface area contributed by atoms with Crippen LogP contribution in [-0.2, 0) is 20.7 Å². The molecule has 0 saturated heterocycles. The summed E-state index contributed by atoms with van der Waals surface area (Å²) in [6.07, 6.45) is -0.621. The highest BCUT2D eigenvalue weighted by molar-refractivity contribution is 5.83. The molecule has 0 aliphatic carbocycles. The van der Waals surface area contributed by atoms with Crippen molar-refractivity contribution in [3.05, 3.63) is 60.2 Å². The predicted molar refractivity (Wildman–Crippen MR) is 89.8 cm³/mol. The standard InChI is InChI=1S/C19H21NO3/c1-3-20-19(22)14(2)23-18(21)13-15-9-11-17(12-10-15)16-7-5-4-6-8-16/h4-12,14H,3,13H2,1-2H3,(H,20,22)/t14-/m1/s1. The van der Waals surface area contributed by atoms with Crippen molar-refractivity contribution < 1.29 is 14.3 Å². The predicted octanol–water partition coefficient (Wildman–Crippen LogP) is 2.96. The highest BCUT2D eigenvalue weighted by atomic mass is 16.5. The van der Waals surface area contributed by atoms with Gasteiger partial charge in [0, 0.05) is 6.54 Å². The molecule has 0 aliphatic heterocycles. The molecule has 4 heteroatoms. The summed E-state index contributed by atoms with van der Waals surface area (Å²) in [4.78, 5) is 23.4. The second-order valence-electron chi connectivity index (χ2n) is 5.27. The monoisotopic (exact) mass is 311 g/mol. The number of hydrogen-bond donors (Lipinski definition) is 1. The molecular formula is C19H21NO3. The number of benzene rings is 2. The fraction of sp³-hybridized carbons (Fsp3) is 0.263. The van der Waals surface area contributed by atoms with Crippen LogP contribution in [0.5, 0.6) is 0 Å². The first-order valence-corrected chi connectivity index (χ1v) is 7.71. The van der Waals surface area contributed by atoms with E-state index in [2.05, 4.69) is 5.32 Å². The van der Waals surface area contributed by atoms with Gasteiger partial charge in [-0.1, -0.05) is 54.6 Å². The molecule has 1 amide bonds. The van der Waals surface area contributed by atoms with Crippen molar-refractivity contribution in [1.82, 2.24) is 5.32 Å². The molecule has 0 bridgehead atoms. The molecule has 120 valence electrons. The Balaban J connectivity index is 1.93. The van der Waals surface area contributed by atoms with Crippen LogP contribution in [0.2, 0.25) is 0 Å². The molecule has 1 atom stereocenters. The van der Waals surface area contributed by atoms with Gasteiger partial charge in [-0.25, -0.2) is 0 Å². The summed E-state index contributed by atoms with van der Waals surface area (Å²) in [6.45, 7) is 3.91. The smallest absolute Gasteiger partial charge is 0.311 e. The lowest BCUT2D eigenvalue weighted by Gasteiger charge is -2.12. The third-order valence-corrected chi connectivity index (χ3v) is 3.44. The van der Waals surface area contributed by atoms with E-state index < -0.39 is 12.1 Å². The topological polar surface area (TPSA) is 55.4 Å². The quantitative estimate of drug-likeness (QED) is 0.835. The Morgan fingerprint density at radius 1 is 1.00 bits per heavy atom. The molecule has 0 radical (unpaired) electrons. The van der Waals surface area contributed by atoms with Crippen LogP contribution in [-0.4, -0.2) is 24.5 Å². The number of nitrogens with one attached hydrogen (secondary N) is 1. The maximum atomic E-state index is 11.9. The molecule has 4 nitrogen and oxygen atoms in total. The molecule has 0 heterocycles. The van der Waals surface area contributed by atoms with Gasteiger partial charge in [-0.3, -0.25) is 9.59 Å². The first kappa shape index (κ1) is 16.7. The number of amides is 1. The number of rotatable bonds is 6. The van der Waals surface area contributed by atoms with E-state index in [1.807, 2.05) is 61.5 Å². The highest BCUT2D eigenvalue weighted by Gasteiger charge is 2.17. The molecule has 0 saturated carbocycles. The first-order valence-electron chi connectivity index (χ1n) is 7.71. The van der Waals surface area contributed by atoms with Gasteiger partial charge in [-0.15, -0.1) is 0 Å². The zero-order valence-corrected chi connectivity index (χ0v) is 13.4. The summed E-state index contributed by atoms with van der Waals surface area (Å²) < 4.78 is 5.13. The van der Waals surface area contributed by atoms with Crippen LogP contribution in [0.25, 0.3) is 11.1 Å². The minimum absolute atomic E-state index is 0.152. The Labute approximate surface area is 136 Å². The lowest BCUT2D eigenvalue weighted by Crippen LogP contribution is -2.35. The molecule has 0 aromatic heterocycles. The summed E-state index contributed by atoms with van der Waals surface area (Å²) in [7, 11) is 0. The van der Waals surface area contributed by atoms with E-state index in [0.717, 1.165) is 16.7 Å². The fourth-order valence-corrected chi connectivity index (χ4v) is 2.22. The molecular weight excluding hydrogens is 290 g/mol. The lowest BCUT2D eigenvalue weighted by atomic mass is 10.0. The zero-order chi connectivity index (χ0) is 16.7. The Morgan fingerprint density at radius 3 is 2.22 bits per heavy atom. The van der Waals surface area contributed by atoms with Crippen molar-refractivity contribution in [2.24, 2.45) is 0 Å². The molecule has 0 aliphatic rings. The molecule has 2 rings (SSSR count). The van der Waals surface area contributed by atoms with Crippen molar-refractivity contribution in [2.45, 2.75) is 26.4 Å². The van der Waals surface area contributed by atoms with Gasteiger partial charge in [0.2, 0.25) is 0 Å². The van der Waals surface area contributed by atoms with E-state index >= 15 is 0 Å². The third-order valence-electron chi connectivity index (χ3n) is 3.44. The van der Waals surface area contributed by atoms with Gasteiger partial charge in [0.15, 0.2) is 6.10 Å². The highest BCUT2D eigenvalue weighted by Crippen LogP contribution is 2.19. The molecule has 0 spiro atoms. The van der Waals surface area contributed by atoms with Crippen molar-refractivity contribution in [1.29, 1.82) is 0 Å². The van der Waals surface area contributed by atoms with Gasteiger partial charge in [0.25, 0.3) is 5.91 Å². The average Bonchev–Trinajstić information content (AvgIpc) is 2.56. The fourth-order valence-electron chi connectivity index (χ4n) is 2.22. The van der Waals surface area contributed by atoms with Crippen LogP contribution in [0.1, 0.15) is 19.4 Å². The number of ether oxygens (including phenoxy) is 1. The van der Waals surface area contributed by atoms with E-state index in [1.165, 1.54) is 0 Å². The summed E-state index contributed by atoms with van der Waals surface area (Å²) in [5.74, 6) is -0.684. The summed E-state index contributed by atoms with van der Waals surface area (Å²) in [5.41, 5.74) is 3.09. The molecule has 0 fully saturated rings. The van der Waals surface area contributed by atoms with Crippen LogP contribution in [0.3, 0.4) is 0 Å². The molecule has 1 N–H and O–H groups in total. The van der Waals surface area contributed by atoms with Gasteiger partial charge in [-0.05, 0) is 30.5 Å². The minimum atomic E-state index is -0.772. The van der Waals surface area contributed by atoms with Crippen molar-refractivity contribution in [3.8, 4) is 11.1 Å². The van der Waals surface area contributed by atoms with Crippen LogP contribution in [0, 0.1) is 0 Å². The average molecular weight is 311 g/mol. The van der Waals surface area contributed by atoms with E-state index in [4.69, 9.17) is 4.74 Å². The van der Waals surface area contributed by atoms with Crippen LogP contribution in [0.15, 0.2) is 54.6 Å². The zero-order valence-electron chi connectivity index (χ0n) is 13.4. The third kappa shape index (κ3) is 4.95. The maximum Gasteiger partial charge on any atom is 0.311 e. The minimum Gasteiger partial charge on any atom is -0.452 e. The number of carbonyl (C=O) groups is 2. The normalized spacial score (nSPS) is 11.6. The summed E-state index contributed by atoms with van der Waals surface area (Å²) in [5, 5.41) is 2.62. The maximum absolute atomic E-state index is 11.9. The lowest BCUT2D eigenvalue weighted by molar-refractivity contribution is -0.154. The summed E-state index contributed by atoms with van der Waals surface area (Å²) in [6, 6.07) is 17.8. The number of hydrogen-bond acceptors (Lipinski definition) is 3. The van der Waals surface area contributed by atoms with E-state index in [0.29, 0.717) is 6.54 Å². The van der Waals surface area contributed by atoms with E-state index in [9.17, 15) is 9.59 Å². The second kappa shape index (κ2) is 8.13. The molecule has 0 unspecified atom stereocenters. The van der Waals surface area contributed by atoms with Gasteiger partial charge in [0.05, 0.1) is 6.42 Å². The number of likely N-dealkylation sites (N-methyl/N-ethyl adjacent to an activating group) is 1. The Kier molecular flexibility index (Phi) is 5.92. The van der Waals surface area contributed by atoms with Crippen LogP contribution in [0.4, 0.5) is 0 Å². The number of esters is 1. The van der Waals surface area contributed by atoms with Gasteiger partial charge >= 0.3 is 5.97 Å². The van der Waals surface area contributed by atoms with Crippen LogP contribution >= 0.6 is 0 Å². The molecule has 2 aromatic rings. The van der Waals surface area contributed by atoms with Gasteiger partial charge in [0.1, 0.15) is 0 Å². The second-order valence-corrected chi connectivity index (χ2v) is 5.27. The Morgan fingerprint density at radius 2 is 1.61 bits per heavy atom. The Bertz CT molecular complexity index is 650. The SMILES string of the molecule is CCNC(=O)[C@@H](C)OC(=O)Cc1ccc(-c2ccccc2)cc1. The summed E-state index contributed by atoms with van der Waals surface area (Å²) >= 11 is 0. The molecule has 2 aromatic carbocycles. The van der Waals surface area contributed by atoms with Gasteiger partial charge in [-0.2, -0.15) is 0 Å². The van der Waals surface area contributed by atoms with Crippen LogP contribution < -0.4 is 5.32 Å². The van der Waals surface area contributed by atoms with Crippen molar-refractivity contribution in [2.75, 3.05) is 6.54 Å².